The molecule has 1 amide bonds. The number of piperidine rings is 1. The van der Waals surface area contributed by atoms with E-state index in [1.165, 1.54) is 6.08 Å². The molecule has 32 heavy (non-hydrogen) atoms. The number of benzene rings is 1. The molecule has 8 nitrogen and oxygen atoms in total. The molecule has 4 aromatic rings. The van der Waals surface area contributed by atoms with E-state index in [1.807, 2.05) is 36.7 Å². The van der Waals surface area contributed by atoms with Gasteiger partial charge >= 0.3 is 0 Å². The number of likely N-dealkylation sites (tertiary alicyclic amines) is 1. The van der Waals surface area contributed by atoms with Gasteiger partial charge in [0.25, 0.3) is 5.56 Å². The zero-order valence-electron chi connectivity index (χ0n) is 18.1. The molecule has 1 saturated heterocycles. The summed E-state index contributed by atoms with van der Waals surface area (Å²) in [5.74, 6) is 0.873. The molecule has 0 radical (unpaired) electrons. The topological polar surface area (TPSA) is 110 Å². The fraction of sp³-hybridized carbons (Fsp3) is 0.292. The van der Waals surface area contributed by atoms with Crippen LogP contribution < -0.4 is 11.3 Å². The fourth-order valence-electron chi connectivity index (χ4n) is 4.78. The lowest BCUT2D eigenvalue weighted by Crippen LogP contribution is -2.38. The number of nitrogens with one attached hydrogen (secondary N) is 1. The normalized spacial score (nSPS) is 15.0. The number of hydrogen-bond acceptors (Lipinski definition) is 5. The number of aryl methyl sites for hydroxylation is 2. The third kappa shape index (κ3) is 3.02. The second kappa shape index (κ2) is 7.40. The summed E-state index contributed by atoms with van der Waals surface area (Å²) in [4.78, 5) is 26.6. The number of nitrogens with zero attached hydrogens (tertiary/aromatic N) is 3. The lowest BCUT2D eigenvalue weighted by molar-refractivity contribution is -0.127. The van der Waals surface area contributed by atoms with Crippen molar-refractivity contribution in [1.82, 2.24) is 19.7 Å². The van der Waals surface area contributed by atoms with Crippen LogP contribution >= 0.6 is 0 Å². The third-order valence-electron chi connectivity index (χ3n) is 6.46. The summed E-state index contributed by atoms with van der Waals surface area (Å²) in [6.45, 7) is 8.83. The largest absolute Gasteiger partial charge is 0.456 e. The highest BCUT2D eigenvalue weighted by Crippen LogP contribution is 2.40. The maximum atomic E-state index is 12.9. The molecule has 0 bridgehead atoms. The van der Waals surface area contributed by atoms with Gasteiger partial charge in [-0.3, -0.25) is 9.59 Å². The monoisotopic (exact) mass is 431 g/mol. The van der Waals surface area contributed by atoms with Gasteiger partial charge < -0.3 is 19.6 Å². The van der Waals surface area contributed by atoms with Gasteiger partial charge in [-0.25, -0.2) is 5.10 Å². The number of hydrogen-bond donors (Lipinski definition) is 2. The average Bonchev–Trinajstić information content (AvgIpc) is 3.35. The molecule has 1 fully saturated rings. The minimum atomic E-state index is -0.297. The Bertz CT molecular complexity index is 1430. The van der Waals surface area contributed by atoms with Gasteiger partial charge in [0.05, 0.1) is 5.39 Å². The van der Waals surface area contributed by atoms with Gasteiger partial charge in [-0.15, -0.1) is 0 Å². The van der Waals surface area contributed by atoms with Crippen LogP contribution in [0, 0.1) is 13.8 Å². The molecule has 0 saturated carbocycles. The lowest BCUT2D eigenvalue weighted by atomic mass is 10.0. The molecule has 0 unspecified atom stereocenters. The van der Waals surface area contributed by atoms with Gasteiger partial charge in [0.1, 0.15) is 16.9 Å². The molecule has 1 aliphatic rings. The predicted octanol–water partition coefficient (Wildman–Crippen LogP) is 3.69. The molecule has 1 aliphatic heterocycles. The highest BCUT2D eigenvalue weighted by Gasteiger charge is 2.28. The predicted molar refractivity (Wildman–Crippen MR) is 124 cm³/mol. The fourth-order valence-corrected chi connectivity index (χ4v) is 4.78. The smallest absolute Gasteiger partial charge is 0.288 e. The van der Waals surface area contributed by atoms with Gasteiger partial charge in [0.15, 0.2) is 5.82 Å². The summed E-state index contributed by atoms with van der Waals surface area (Å²) in [6.07, 6.45) is 4.74. The number of carbonyl (C=O) groups is 1. The van der Waals surface area contributed by atoms with Crippen LogP contribution in [0.15, 0.2) is 46.3 Å². The quantitative estimate of drug-likeness (QED) is 0.481. The van der Waals surface area contributed by atoms with Crippen LogP contribution in [0.1, 0.15) is 30.0 Å². The van der Waals surface area contributed by atoms with Crippen molar-refractivity contribution in [3.8, 4) is 11.3 Å². The summed E-state index contributed by atoms with van der Waals surface area (Å²) >= 11 is 0. The van der Waals surface area contributed by atoms with E-state index in [9.17, 15) is 9.59 Å². The van der Waals surface area contributed by atoms with Crippen LogP contribution in [0.5, 0.6) is 0 Å². The van der Waals surface area contributed by atoms with Crippen LogP contribution in [0.25, 0.3) is 33.2 Å². The second-order valence-corrected chi connectivity index (χ2v) is 8.43. The number of carbonyl (C=O) groups excluding carboxylic acids is 1. The summed E-state index contributed by atoms with van der Waals surface area (Å²) in [7, 11) is 0. The molecule has 4 heterocycles. The molecule has 1 aromatic carbocycles. The van der Waals surface area contributed by atoms with E-state index in [4.69, 9.17) is 10.2 Å². The molecule has 0 atom stereocenters. The first-order valence-corrected chi connectivity index (χ1v) is 10.7. The number of H-pyrrole nitrogens is 1. The van der Waals surface area contributed by atoms with Crippen LogP contribution in [0.3, 0.4) is 0 Å². The molecule has 3 N–H and O–H groups in total. The number of rotatable bonds is 3. The van der Waals surface area contributed by atoms with Crippen LogP contribution in [-0.2, 0) is 4.79 Å². The molecule has 0 aliphatic carbocycles. The summed E-state index contributed by atoms with van der Waals surface area (Å²) < 4.78 is 8.22. The first-order chi connectivity index (χ1) is 15.4. The second-order valence-electron chi connectivity index (χ2n) is 8.43. The summed E-state index contributed by atoms with van der Waals surface area (Å²) in [5.41, 5.74) is 10.1. The van der Waals surface area contributed by atoms with Crippen LogP contribution in [0.4, 0.5) is 5.82 Å². The Balaban J connectivity index is 1.67. The number of amides is 1. The van der Waals surface area contributed by atoms with Crippen molar-refractivity contribution in [3.63, 3.8) is 0 Å². The minimum absolute atomic E-state index is 0.0509. The van der Waals surface area contributed by atoms with Crippen molar-refractivity contribution in [2.45, 2.75) is 32.7 Å². The number of furan rings is 1. The van der Waals surface area contributed by atoms with Gasteiger partial charge in [-0.05, 0) is 44.9 Å². The van der Waals surface area contributed by atoms with Crippen molar-refractivity contribution in [3.05, 3.63) is 58.5 Å². The summed E-state index contributed by atoms with van der Waals surface area (Å²) in [6, 6.07) is 6.12. The Morgan fingerprint density at radius 1 is 1.31 bits per heavy atom. The molecule has 8 heteroatoms. The highest BCUT2D eigenvalue weighted by molar-refractivity contribution is 6.03. The van der Waals surface area contributed by atoms with Crippen LogP contribution in [0.2, 0.25) is 0 Å². The van der Waals surface area contributed by atoms with E-state index < -0.39 is 0 Å². The van der Waals surface area contributed by atoms with E-state index in [-0.39, 0.29) is 23.3 Å². The average molecular weight is 431 g/mol. The highest BCUT2D eigenvalue weighted by atomic mass is 16.3. The minimum Gasteiger partial charge on any atom is -0.456 e. The third-order valence-corrected chi connectivity index (χ3v) is 6.46. The van der Waals surface area contributed by atoms with Crippen LogP contribution in [-0.4, -0.2) is 38.7 Å². The van der Waals surface area contributed by atoms with E-state index in [1.54, 1.807) is 4.90 Å². The van der Waals surface area contributed by atoms with Crippen molar-refractivity contribution in [2.24, 2.45) is 0 Å². The zero-order valence-corrected chi connectivity index (χ0v) is 18.1. The van der Waals surface area contributed by atoms with Gasteiger partial charge in [-0.2, -0.15) is 5.10 Å². The Hall–Kier alpha value is -3.81. The number of nitrogen functional groups attached to an aromatic ring is 1. The first-order valence-electron chi connectivity index (χ1n) is 10.7. The van der Waals surface area contributed by atoms with Gasteiger partial charge in [-0.1, -0.05) is 18.2 Å². The Morgan fingerprint density at radius 2 is 2.06 bits per heavy atom. The van der Waals surface area contributed by atoms with Crippen molar-refractivity contribution >= 4 is 33.6 Å². The molecule has 3 aromatic heterocycles. The first kappa shape index (κ1) is 20.1. The number of aromatic nitrogens is 3. The van der Waals surface area contributed by atoms with E-state index in [0.717, 1.165) is 40.5 Å². The number of anilines is 1. The Kier molecular flexibility index (Phi) is 4.65. The SMILES string of the molecule is C=CC(=O)N1CCC(n2cc(-c3oc4ccc(C)cc4c3C)c3c(N)n[nH]c(=O)c32)CC1. The Labute approximate surface area is 184 Å². The lowest BCUT2D eigenvalue weighted by Gasteiger charge is -2.32. The maximum absolute atomic E-state index is 12.9. The van der Waals surface area contributed by atoms with Gasteiger partial charge in [0, 0.05) is 41.8 Å². The molecule has 5 rings (SSSR count). The standard InChI is InChI=1S/C24H25N5O3/c1-4-19(30)28-9-7-15(8-10-28)29-12-17(20-21(29)24(31)27-26-23(20)25)22-14(3)16-11-13(2)5-6-18(16)32-22/h4-6,11-12,15H,1,7-10H2,2-3H3,(H2,25,26)(H,27,31). The molecule has 164 valence electrons. The molecule has 0 spiro atoms. The van der Waals surface area contributed by atoms with Gasteiger partial charge in [0.2, 0.25) is 5.91 Å². The zero-order chi connectivity index (χ0) is 22.6. The molecular weight excluding hydrogens is 406 g/mol. The van der Waals surface area contributed by atoms with E-state index in [0.29, 0.717) is 29.8 Å². The maximum Gasteiger partial charge on any atom is 0.288 e. The number of nitrogens with two attached hydrogens (primary N) is 1. The number of aromatic amines is 1. The molecular formula is C24H25N5O3. The number of fused-ring (bicyclic) bond motifs is 2. The van der Waals surface area contributed by atoms with Crippen molar-refractivity contribution in [1.29, 1.82) is 0 Å². The van der Waals surface area contributed by atoms with Crippen molar-refractivity contribution < 1.29 is 9.21 Å². The Morgan fingerprint density at radius 3 is 2.78 bits per heavy atom. The van der Waals surface area contributed by atoms with E-state index >= 15 is 0 Å². The van der Waals surface area contributed by atoms with E-state index in [2.05, 4.69) is 22.8 Å². The summed E-state index contributed by atoms with van der Waals surface area (Å²) in [5, 5.41) is 8.16. The van der Waals surface area contributed by atoms with Crippen molar-refractivity contribution in [2.75, 3.05) is 18.8 Å².